The highest BCUT2D eigenvalue weighted by Gasteiger charge is 2.17. The molecule has 7 heteroatoms. The fourth-order valence-corrected chi connectivity index (χ4v) is 2.98. The molecular weight excluding hydrogens is 380 g/mol. The monoisotopic (exact) mass is 406 g/mol. The molecule has 0 fully saturated rings. The number of benzene rings is 2. The maximum Gasteiger partial charge on any atom is 0.274 e. The smallest absolute Gasteiger partial charge is 0.274 e. The van der Waals surface area contributed by atoms with Gasteiger partial charge in [0.1, 0.15) is 0 Å². The van der Waals surface area contributed by atoms with Crippen molar-refractivity contribution in [2.75, 3.05) is 5.32 Å². The molecule has 0 radical (unpaired) electrons. The summed E-state index contributed by atoms with van der Waals surface area (Å²) in [7, 11) is 0. The van der Waals surface area contributed by atoms with Gasteiger partial charge in [0, 0.05) is 23.5 Å². The van der Waals surface area contributed by atoms with Crippen molar-refractivity contribution in [3.05, 3.63) is 70.1 Å². The molecule has 0 spiro atoms. The van der Waals surface area contributed by atoms with E-state index in [1.165, 1.54) is 4.68 Å². The van der Waals surface area contributed by atoms with Gasteiger partial charge in [-0.2, -0.15) is 5.10 Å². The number of carbonyl (C=O) groups is 2. The number of hydrogen-bond acceptors (Lipinski definition) is 4. The van der Waals surface area contributed by atoms with Crippen molar-refractivity contribution in [1.82, 2.24) is 15.1 Å². The zero-order valence-electron chi connectivity index (χ0n) is 17.6. The highest BCUT2D eigenvalue weighted by atomic mass is 16.2. The van der Waals surface area contributed by atoms with Crippen LogP contribution in [0, 0.1) is 5.92 Å². The standard InChI is InChI=1S/C23H26N4O3/c1-14(2)21(28)25-17-11-9-16(10-12-17)13-24-22(29)20-18-7-5-6-8-19(18)23(30)27(26-20)15(3)4/h5-12,14-15H,13H2,1-4H3,(H,24,29)(H,25,28). The Morgan fingerprint density at radius 2 is 1.60 bits per heavy atom. The third kappa shape index (κ3) is 4.56. The molecule has 30 heavy (non-hydrogen) atoms. The third-order valence-electron chi connectivity index (χ3n) is 4.73. The van der Waals surface area contributed by atoms with Crippen LogP contribution >= 0.6 is 0 Å². The Labute approximate surface area is 175 Å². The molecule has 0 saturated heterocycles. The molecule has 2 aromatic carbocycles. The Hall–Kier alpha value is -3.48. The molecule has 3 aromatic rings. The van der Waals surface area contributed by atoms with Gasteiger partial charge in [0.2, 0.25) is 5.91 Å². The first-order valence-corrected chi connectivity index (χ1v) is 9.97. The number of fused-ring (bicyclic) bond motifs is 1. The van der Waals surface area contributed by atoms with E-state index in [4.69, 9.17) is 0 Å². The summed E-state index contributed by atoms with van der Waals surface area (Å²) >= 11 is 0. The highest BCUT2D eigenvalue weighted by Crippen LogP contribution is 2.15. The first-order valence-electron chi connectivity index (χ1n) is 9.97. The summed E-state index contributed by atoms with van der Waals surface area (Å²) in [5, 5.41) is 11.0. The number of anilines is 1. The maximum atomic E-state index is 12.9. The first-order chi connectivity index (χ1) is 14.3. The normalized spacial score (nSPS) is 11.1. The van der Waals surface area contributed by atoms with Crippen LogP contribution in [0.5, 0.6) is 0 Å². The van der Waals surface area contributed by atoms with Crippen LogP contribution in [0.3, 0.4) is 0 Å². The van der Waals surface area contributed by atoms with Gasteiger partial charge >= 0.3 is 0 Å². The van der Waals surface area contributed by atoms with Crippen molar-refractivity contribution >= 4 is 28.3 Å². The van der Waals surface area contributed by atoms with Crippen LogP contribution in [0.15, 0.2) is 53.3 Å². The minimum absolute atomic E-state index is 0.0470. The molecule has 0 aliphatic rings. The predicted molar refractivity (Wildman–Crippen MR) is 117 cm³/mol. The first kappa shape index (κ1) is 21.2. The van der Waals surface area contributed by atoms with Gasteiger partial charge < -0.3 is 10.6 Å². The predicted octanol–water partition coefficient (Wildman–Crippen LogP) is 3.50. The van der Waals surface area contributed by atoms with Crippen LogP contribution in [-0.2, 0) is 11.3 Å². The minimum atomic E-state index is -0.349. The van der Waals surface area contributed by atoms with Crippen LogP contribution in [0.4, 0.5) is 5.69 Å². The average molecular weight is 406 g/mol. The van der Waals surface area contributed by atoms with Crippen molar-refractivity contribution in [3.63, 3.8) is 0 Å². The van der Waals surface area contributed by atoms with E-state index in [2.05, 4.69) is 15.7 Å². The SMILES string of the molecule is CC(C)C(=O)Nc1ccc(CNC(=O)c2nn(C(C)C)c(=O)c3ccccc23)cc1. The van der Waals surface area contributed by atoms with Gasteiger partial charge in [0.05, 0.1) is 11.4 Å². The maximum absolute atomic E-state index is 12.9. The summed E-state index contributed by atoms with van der Waals surface area (Å²) in [6.45, 7) is 7.67. The van der Waals surface area contributed by atoms with E-state index < -0.39 is 0 Å². The fraction of sp³-hybridized carbons (Fsp3) is 0.304. The van der Waals surface area contributed by atoms with Crippen molar-refractivity contribution in [2.45, 2.75) is 40.3 Å². The highest BCUT2D eigenvalue weighted by molar-refractivity contribution is 6.04. The Balaban J connectivity index is 1.78. The molecule has 0 atom stereocenters. The van der Waals surface area contributed by atoms with E-state index >= 15 is 0 Å². The molecule has 3 rings (SSSR count). The van der Waals surface area contributed by atoms with Crippen molar-refractivity contribution < 1.29 is 9.59 Å². The van der Waals surface area contributed by atoms with E-state index in [-0.39, 0.29) is 35.0 Å². The zero-order chi connectivity index (χ0) is 21.8. The summed E-state index contributed by atoms with van der Waals surface area (Å²) in [5.41, 5.74) is 1.60. The molecule has 0 aliphatic heterocycles. The summed E-state index contributed by atoms with van der Waals surface area (Å²) in [5.74, 6) is -0.493. The largest absolute Gasteiger partial charge is 0.347 e. The summed E-state index contributed by atoms with van der Waals surface area (Å²) in [6, 6.07) is 14.1. The van der Waals surface area contributed by atoms with Crippen molar-refractivity contribution in [1.29, 1.82) is 0 Å². The second-order valence-corrected chi connectivity index (χ2v) is 7.76. The number of nitrogens with zero attached hydrogens (tertiary/aromatic N) is 2. The van der Waals surface area contributed by atoms with Crippen LogP contribution in [-0.4, -0.2) is 21.6 Å². The lowest BCUT2D eigenvalue weighted by Crippen LogP contribution is -2.31. The summed E-state index contributed by atoms with van der Waals surface area (Å²) in [6.07, 6.45) is 0. The molecule has 1 heterocycles. The third-order valence-corrected chi connectivity index (χ3v) is 4.73. The topological polar surface area (TPSA) is 93.1 Å². The van der Waals surface area contributed by atoms with Gasteiger partial charge in [-0.05, 0) is 37.6 Å². The van der Waals surface area contributed by atoms with Crippen LogP contribution < -0.4 is 16.2 Å². The van der Waals surface area contributed by atoms with E-state index in [1.54, 1.807) is 36.4 Å². The number of nitrogens with one attached hydrogen (secondary N) is 2. The Morgan fingerprint density at radius 1 is 0.967 bits per heavy atom. The van der Waals surface area contributed by atoms with Crippen molar-refractivity contribution in [2.24, 2.45) is 5.92 Å². The Kier molecular flexibility index (Phi) is 6.30. The molecule has 2 amide bonds. The van der Waals surface area contributed by atoms with Gasteiger partial charge in [0.15, 0.2) is 5.69 Å². The summed E-state index contributed by atoms with van der Waals surface area (Å²) in [4.78, 5) is 37.2. The van der Waals surface area contributed by atoms with Crippen LogP contribution in [0.1, 0.15) is 49.8 Å². The molecule has 0 unspecified atom stereocenters. The second kappa shape index (κ2) is 8.90. The van der Waals surface area contributed by atoms with Gasteiger partial charge in [-0.1, -0.05) is 44.2 Å². The zero-order valence-corrected chi connectivity index (χ0v) is 17.6. The lowest BCUT2D eigenvalue weighted by Gasteiger charge is -2.13. The fourth-order valence-electron chi connectivity index (χ4n) is 2.98. The van der Waals surface area contributed by atoms with Crippen LogP contribution in [0.2, 0.25) is 0 Å². The molecule has 0 bridgehead atoms. The van der Waals surface area contributed by atoms with E-state index in [1.807, 2.05) is 39.8 Å². The molecule has 7 nitrogen and oxygen atoms in total. The molecule has 0 aliphatic carbocycles. The average Bonchev–Trinajstić information content (AvgIpc) is 2.73. The summed E-state index contributed by atoms with van der Waals surface area (Å²) < 4.78 is 1.34. The van der Waals surface area contributed by atoms with E-state index in [0.717, 1.165) is 5.56 Å². The van der Waals surface area contributed by atoms with E-state index in [0.29, 0.717) is 23.0 Å². The Morgan fingerprint density at radius 3 is 2.20 bits per heavy atom. The molecule has 1 aromatic heterocycles. The molecule has 0 saturated carbocycles. The molecular formula is C23H26N4O3. The molecule has 156 valence electrons. The van der Waals surface area contributed by atoms with Gasteiger partial charge in [0.25, 0.3) is 11.5 Å². The van der Waals surface area contributed by atoms with Gasteiger partial charge in [-0.3, -0.25) is 14.4 Å². The quantitative estimate of drug-likeness (QED) is 0.655. The minimum Gasteiger partial charge on any atom is -0.347 e. The van der Waals surface area contributed by atoms with Crippen LogP contribution in [0.25, 0.3) is 10.8 Å². The number of aromatic nitrogens is 2. The van der Waals surface area contributed by atoms with E-state index in [9.17, 15) is 14.4 Å². The Bertz CT molecular complexity index is 1130. The lowest BCUT2D eigenvalue weighted by molar-refractivity contribution is -0.118. The second-order valence-electron chi connectivity index (χ2n) is 7.76. The van der Waals surface area contributed by atoms with Gasteiger partial charge in [-0.25, -0.2) is 4.68 Å². The number of carbonyl (C=O) groups excluding carboxylic acids is 2. The number of hydrogen-bond donors (Lipinski definition) is 2. The van der Waals surface area contributed by atoms with Gasteiger partial charge in [-0.15, -0.1) is 0 Å². The van der Waals surface area contributed by atoms with Crippen molar-refractivity contribution in [3.8, 4) is 0 Å². The molecule has 2 N–H and O–H groups in total. The number of rotatable bonds is 6. The number of amides is 2. The lowest BCUT2D eigenvalue weighted by atomic mass is 10.1.